The Bertz CT molecular complexity index is 182. The lowest BCUT2D eigenvalue weighted by molar-refractivity contribution is 0.540. The summed E-state index contributed by atoms with van der Waals surface area (Å²) in [5.74, 6) is 1.24. The largest absolute Gasteiger partial charge is 0.359 e. The molecule has 1 heterocycles. The van der Waals surface area contributed by atoms with Crippen LogP contribution in [0.15, 0.2) is 17.1 Å². The SMILES string of the molecule is CCCCN=C1CC=CCN1C. The Hall–Kier alpha value is -0.790. The van der Waals surface area contributed by atoms with Gasteiger partial charge in [-0.3, -0.25) is 4.99 Å². The van der Waals surface area contributed by atoms with Crippen LogP contribution in [0.2, 0.25) is 0 Å². The molecule has 0 spiro atoms. The maximum atomic E-state index is 4.55. The van der Waals surface area contributed by atoms with Gasteiger partial charge in [0, 0.05) is 26.6 Å². The number of hydrogen-bond donors (Lipinski definition) is 0. The van der Waals surface area contributed by atoms with Gasteiger partial charge in [-0.2, -0.15) is 0 Å². The van der Waals surface area contributed by atoms with Gasteiger partial charge in [0.1, 0.15) is 5.84 Å². The quantitative estimate of drug-likeness (QED) is 0.463. The molecular formula is C10H18N2. The predicted octanol–water partition coefficient (Wildman–Crippen LogP) is 2.08. The highest BCUT2D eigenvalue weighted by atomic mass is 15.2. The third-order valence-corrected chi connectivity index (χ3v) is 2.09. The van der Waals surface area contributed by atoms with Crippen molar-refractivity contribution in [1.29, 1.82) is 0 Å². The van der Waals surface area contributed by atoms with Crippen LogP contribution in [0.3, 0.4) is 0 Å². The molecule has 0 aromatic carbocycles. The molecule has 1 aliphatic heterocycles. The standard InChI is InChI=1S/C10H18N2/c1-3-4-8-11-10-7-5-6-9-12(10)2/h5-6H,3-4,7-9H2,1-2H3. The van der Waals surface area contributed by atoms with Gasteiger partial charge in [-0.1, -0.05) is 25.5 Å². The number of amidine groups is 1. The minimum absolute atomic E-state index is 0.990. The Morgan fingerprint density at radius 3 is 3.00 bits per heavy atom. The van der Waals surface area contributed by atoms with Crippen LogP contribution >= 0.6 is 0 Å². The van der Waals surface area contributed by atoms with Crippen LogP contribution in [0.5, 0.6) is 0 Å². The van der Waals surface area contributed by atoms with E-state index in [0.717, 1.165) is 19.5 Å². The second kappa shape index (κ2) is 4.96. The second-order valence-corrected chi connectivity index (χ2v) is 3.21. The van der Waals surface area contributed by atoms with E-state index in [0.29, 0.717) is 0 Å². The fourth-order valence-corrected chi connectivity index (χ4v) is 1.23. The molecule has 12 heavy (non-hydrogen) atoms. The predicted molar refractivity (Wildman–Crippen MR) is 53.6 cm³/mol. The van der Waals surface area contributed by atoms with Crippen molar-refractivity contribution in [3.8, 4) is 0 Å². The van der Waals surface area contributed by atoms with E-state index in [9.17, 15) is 0 Å². The Kier molecular flexibility index (Phi) is 3.85. The van der Waals surface area contributed by atoms with Gasteiger partial charge in [-0.25, -0.2) is 0 Å². The zero-order valence-corrected chi connectivity index (χ0v) is 8.08. The summed E-state index contributed by atoms with van der Waals surface area (Å²) in [4.78, 5) is 6.76. The molecule has 0 aromatic heterocycles. The van der Waals surface area contributed by atoms with Crippen LogP contribution in [-0.2, 0) is 0 Å². The average Bonchev–Trinajstić information content (AvgIpc) is 2.09. The van der Waals surface area contributed by atoms with Crippen molar-refractivity contribution in [1.82, 2.24) is 4.90 Å². The third-order valence-electron chi connectivity index (χ3n) is 2.09. The zero-order valence-electron chi connectivity index (χ0n) is 8.08. The Labute approximate surface area is 75.0 Å². The first kappa shape index (κ1) is 9.30. The molecule has 0 fully saturated rings. The van der Waals surface area contributed by atoms with Gasteiger partial charge in [-0.15, -0.1) is 0 Å². The minimum atomic E-state index is 0.990. The van der Waals surface area contributed by atoms with Crippen LogP contribution in [0.1, 0.15) is 26.2 Å². The summed E-state index contributed by atoms with van der Waals surface area (Å²) in [6.45, 7) is 4.21. The molecule has 2 heteroatoms. The molecule has 0 unspecified atom stereocenters. The van der Waals surface area contributed by atoms with E-state index in [4.69, 9.17) is 0 Å². The van der Waals surface area contributed by atoms with E-state index in [1.54, 1.807) is 0 Å². The van der Waals surface area contributed by atoms with Crippen molar-refractivity contribution in [2.24, 2.45) is 4.99 Å². The van der Waals surface area contributed by atoms with Crippen molar-refractivity contribution in [2.45, 2.75) is 26.2 Å². The van der Waals surface area contributed by atoms with E-state index in [2.05, 4.69) is 36.0 Å². The number of rotatable bonds is 3. The van der Waals surface area contributed by atoms with Gasteiger partial charge < -0.3 is 4.90 Å². The van der Waals surface area contributed by atoms with Crippen molar-refractivity contribution >= 4 is 5.84 Å². The van der Waals surface area contributed by atoms with Crippen molar-refractivity contribution < 1.29 is 0 Å². The minimum Gasteiger partial charge on any atom is -0.359 e. The molecule has 0 saturated carbocycles. The van der Waals surface area contributed by atoms with Crippen molar-refractivity contribution in [2.75, 3.05) is 20.1 Å². The highest BCUT2D eigenvalue weighted by Gasteiger charge is 2.05. The molecule has 0 aliphatic carbocycles. The fourth-order valence-electron chi connectivity index (χ4n) is 1.23. The molecule has 0 atom stereocenters. The number of aliphatic imine (C=N–C) groups is 1. The average molecular weight is 166 g/mol. The van der Waals surface area contributed by atoms with E-state index >= 15 is 0 Å². The lowest BCUT2D eigenvalue weighted by Gasteiger charge is -2.22. The Morgan fingerprint density at radius 2 is 2.33 bits per heavy atom. The van der Waals surface area contributed by atoms with Gasteiger partial charge in [0.25, 0.3) is 0 Å². The molecule has 1 rings (SSSR count). The molecule has 0 N–H and O–H groups in total. The van der Waals surface area contributed by atoms with Crippen LogP contribution in [0.25, 0.3) is 0 Å². The molecule has 2 nitrogen and oxygen atoms in total. The molecule has 0 radical (unpaired) electrons. The van der Waals surface area contributed by atoms with Crippen LogP contribution in [0.4, 0.5) is 0 Å². The number of likely N-dealkylation sites (N-methyl/N-ethyl adjacent to an activating group) is 1. The van der Waals surface area contributed by atoms with Crippen LogP contribution in [-0.4, -0.2) is 30.9 Å². The summed E-state index contributed by atoms with van der Waals surface area (Å²) < 4.78 is 0. The summed E-state index contributed by atoms with van der Waals surface area (Å²) in [6, 6.07) is 0. The summed E-state index contributed by atoms with van der Waals surface area (Å²) in [5, 5.41) is 0. The van der Waals surface area contributed by atoms with Gasteiger partial charge in [0.2, 0.25) is 0 Å². The van der Waals surface area contributed by atoms with Crippen molar-refractivity contribution in [3.63, 3.8) is 0 Å². The maximum absolute atomic E-state index is 4.55. The smallest absolute Gasteiger partial charge is 0.103 e. The van der Waals surface area contributed by atoms with Crippen molar-refractivity contribution in [3.05, 3.63) is 12.2 Å². The van der Waals surface area contributed by atoms with Crippen LogP contribution < -0.4 is 0 Å². The summed E-state index contributed by atoms with van der Waals surface area (Å²) >= 11 is 0. The van der Waals surface area contributed by atoms with E-state index in [1.165, 1.54) is 18.7 Å². The topological polar surface area (TPSA) is 15.6 Å². The molecule has 0 saturated heterocycles. The van der Waals surface area contributed by atoms with Gasteiger partial charge >= 0.3 is 0 Å². The van der Waals surface area contributed by atoms with E-state index < -0.39 is 0 Å². The zero-order chi connectivity index (χ0) is 8.81. The molecule has 0 amide bonds. The number of nitrogens with zero attached hydrogens (tertiary/aromatic N) is 2. The van der Waals surface area contributed by atoms with Gasteiger partial charge in [0.05, 0.1) is 0 Å². The van der Waals surface area contributed by atoms with Gasteiger partial charge in [0.15, 0.2) is 0 Å². The monoisotopic (exact) mass is 166 g/mol. The first-order valence-electron chi connectivity index (χ1n) is 4.74. The Balaban J connectivity index is 2.38. The highest BCUT2D eigenvalue weighted by Crippen LogP contribution is 2.03. The number of unbranched alkanes of at least 4 members (excludes halogenated alkanes) is 1. The normalized spacial score (nSPS) is 20.5. The van der Waals surface area contributed by atoms with E-state index in [1.807, 2.05) is 0 Å². The molecule has 68 valence electrons. The summed E-state index contributed by atoms with van der Waals surface area (Å²) in [7, 11) is 2.11. The Morgan fingerprint density at radius 1 is 1.50 bits per heavy atom. The number of hydrogen-bond acceptors (Lipinski definition) is 1. The van der Waals surface area contributed by atoms with Gasteiger partial charge in [-0.05, 0) is 6.42 Å². The highest BCUT2D eigenvalue weighted by molar-refractivity contribution is 5.84. The van der Waals surface area contributed by atoms with E-state index in [-0.39, 0.29) is 0 Å². The molecule has 0 aromatic rings. The molecule has 1 aliphatic rings. The summed E-state index contributed by atoms with van der Waals surface area (Å²) in [6.07, 6.45) is 7.85. The lowest BCUT2D eigenvalue weighted by atomic mass is 10.2. The van der Waals surface area contributed by atoms with Crippen LogP contribution in [0, 0.1) is 0 Å². The first-order chi connectivity index (χ1) is 5.84. The first-order valence-corrected chi connectivity index (χ1v) is 4.74. The lowest BCUT2D eigenvalue weighted by Crippen LogP contribution is -2.29. The second-order valence-electron chi connectivity index (χ2n) is 3.21. The molecular weight excluding hydrogens is 148 g/mol. The maximum Gasteiger partial charge on any atom is 0.103 e. The third kappa shape index (κ3) is 2.68. The summed E-state index contributed by atoms with van der Waals surface area (Å²) in [5.41, 5.74) is 0. The molecule has 0 bridgehead atoms. The fraction of sp³-hybridized carbons (Fsp3) is 0.700.